The quantitative estimate of drug-likeness (QED) is 0.714. The molecule has 0 aliphatic carbocycles. The van der Waals surface area contributed by atoms with Gasteiger partial charge in [-0.3, -0.25) is 4.79 Å². The summed E-state index contributed by atoms with van der Waals surface area (Å²) in [5.41, 5.74) is 3.37. The standard InChI is InChI=1S/C19H21N3O2/c1-3-12-20-18(23)16-8-10-17(11-9-16)22-19(24)21-13-15-6-4-14(2)5-7-15/h3-11H,1,12-13H2,2H3,(H,20,23)(H2,21,22,24). The summed E-state index contributed by atoms with van der Waals surface area (Å²) in [5.74, 6) is -0.176. The van der Waals surface area contributed by atoms with Gasteiger partial charge >= 0.3 is 6.03 Å². The average Bonchev–Trinajstić information content (AvgIpc) is 2.60. The molecule has 0 aliphatic heterocycles. The first-order valence-electron chi connectivity index (χ1n) is 7.68. The number of aryl methyl sites for hydroxylation is 1. The molecule has 24 heavy (non-hydrogen) atoms. The summed E-state index contributed by atoms with van der Waals surface area (Å²) in [6.45, 7) is 6.44. The van der Waals surface area contributed by atoms with E-state index in [1.807, 2.05) is 31.2 Å². The van der Waals surface area contributed by atoms with E-state index in [1.165, 1.54) is 5.56 Å². The van der Waals surface area contributed by atoms with Gasteiger partial charge < -0.3 is 16.0 Å². The van der Waals surface area contributed by atoms with E-state index in [9.17, 15) is 9.59 Å². The van der Waals surface area contributed by atoms with Gasteiger partial charge in [0.15, 0.2) is 0 Å². The molecule has 0 heterocycles. The molecule has 2 aromatic rings. The Morgan fingerprint density at radius 2 is 1.67 bits per heavy atom. The van der Waals surface area contributed by atoms with Crippen LogP contribution in [0.1, 0.15) is 21.5 Å². The monoisotopic (exact) mass is 323 g/mol. The van der Waals surface area contributed by atoms with Crippen LogP contribution < -0.4 is 16.0 Å². The Bertz CT molecular complexity index is 706. The Balaban J connectivity index is 1.84. The second-order valence-electron chi connectivity index (χ2n) is 5.37. The first-order chi connectivity index (χ1) is 11.6. The predicted molar refractivity (Wildman–Crippen MR) is 96.0 cm³/mol. The highest BCUT2D eigenvalue weighted by Gasteiger charge is 2.05. The highest BCUT2D eigenvalue weighted by Crippen LogP contribution is 2.09. The van der Waals surface area contributed by atoms with E-state index in [4.69, 9.17) is 0 Å². The Labute approximate surface area is 141 Å². The largest absolute Gasteiger partial charge is 0.349 e. The number of hydrogen-bond donors (Lipinski definition) is 3. The maximum absolute atomic E-state index is 11.9. The molecule has 124 valence electrons. The lowest BCUT2D eigenvalue weighted by Gasteiger charge is -2.09. The molecule has 0 fully saturated rings. The minimum atomic E-state index is -0.292. The lowest BCUT2D eigenvalue weighted by Crippen LogP contribution is -2.28. The summed E-state index contributed by atoms with van der Waals surface area (Å²) in [5, 5.41) is 8.22. The number of anilines is 1. The number of amides is 3. The Hall–Kier alpha value is -3.08. The van der Waals surface area contributed by atoms with Crippen molar-refractivity contribution >= 4 is 17.6 Å². The summed E-state index contributed by atoms with van der Waals surface area (Å²) in [7, 11) is 0. The first kappa shape index (κ1) is 17.3. The van der Waals surface area contributed by atoms with Crippen molar-refractivity contribution < 1.29 is 9.59 Å². The van der Waals surface area contributed by atoms with Crippen LogP contribution >= 0.6 is 0 Å². The van der Waals surface area contributed by atoms with Crippen molar-refractivity contribution in [1.29, 1.82) is 0 Å². The summed E-state index contributed by atoms with van der Waals surface area (Å²) in [6.07, 6.45) is 1.62. The van der Waals surface area contributed by atoms with Crippen molar-refractivity contribution in [2.75, 3.05) is 11.9 Å². The third-order valence-electron chi connectivity index (χ3n) is 3.39. The van der Waals surface area contributed by atoms with Gasteiger partial charge in [0.25, 0.3) is 5.91 Å². The van der Waals surface area contributed by atoms with Gasteiger partial charge in [0.2, 0.25) is 0 Å². The second kappa shape index (κ2) is 8.53. The van der Waals surface area contributed by atoms with E-state index in [0.29, 0.717) is 24.3 Å². The molecule has 3 amide bonds. The molecule has 0 aromatic heterocycles. The fourth-order valence-electron chi connectivity index (χ4n) is 2.04. The Kier molecular flexibility index (Phi) is 6.14. The first-order valence-corrected chi connectivity index (χ1v) is 7.68. The molecule has 3 N–H and O–H groups in total. The van der Waals surface area contributed by atoms with Crippen molar-refractivity contribution in [1.82, 2.24) is 10.6 Å². The molecular formula is C19H21N3O2. The van der Waals surface area contributed by atoms with Crippen LogP contribution in [0.3, 0.4) is 0 Å². The van der Waals surface area contributed by atoms with Gasteiger partial charge in [-0.1, -0.05) is 35.9 Å². The van der Waals surface area contributed by atoms with E-state index >= 15 is 0 Å². The van der Waals surface area contributed by atoms with Crippen LogP contribution in [-0.2, 0) is 6.54 Å². The van der Waals surface area contributed by atoms with E-state index in [0.717, 1.165) is 5.56 Å². The number of hydrogen-bond acceptors (Lipinski definition) is 2. The van der Waals surface area contributed by atoms with Gasteiger partial charge in [0, 0.05) is 24.3 Å². The van der Waals surface area contributed by atoms with Crippen LogP contribution in [0.5, 0.6) is 0 Å². The van der Waals surface area contributed by atoms with Gasteiger partial charge in [0.1, 0.15) is 0 Å². The molecule has 0 unspecified atom stereocenters. The van der Waals surface area contributed by atoms with Crippen LogP contribution in [0.4, 0.5) is 10.5 Å². The minimum Gasteiger partial charge on any atom is -0.349 e. The summed E-state index contributed by atoms with van der Waals surface area (Å²) < 4.78 is 0. The molecule has 0 radical (unpaired) electrons. The number of benzene rings is 2. The smallest absolute Gasteiger partial charge is 0.319 e. The summed E-state index contributed by atoms with van der Waals surface area (Å²) in [4.78, 5) is 23.7. The molecule has 5 nitrogen and oxygen atoms in total. The highest BCUT2D eigenvalue weighted by molar-refractivity contribution is 5.95. The Morgan fingerprint density at radius 1 is 1.00 bits per heavy atom. The number of nitrogens with one attached hydrogen (secondary N) is 3. The van der Waals surface area contributed by atoms with Crippen LogP contribution in [0.2, 0.25) is 0 Å². The van der Waals surface area contributed by atoms with E-state index in [-0.39, 0.29) is 11.9 Å². The number of carbonyl (C=O) groups excluding carboxylic acids is 2. The second-order valence-corrected chi connectivity index (χ2v) is 5.37. The molecule has 0 saturated heterocycles. The Morgan fingerprint density at radius 3 is 2.29 bits per heavy atom. The normalized spacial score (nSPS) is 9.88. The maximum Gasteiger partial charge on any atom is 0.319 e. The molecule has 2 rings (SSSR count). The fraction of sp³-hybridized carbons (Fsp3) is 0.158. The lowest BCUT2D eigenvalue weighted by atomic mass is 10.1. The van der Waals surface area contributed by atoms with Crippen LogP contribution in [0, 0.1) is 6.92 Å². The van der Waals surface area contributed by atoms with E-state index < -0.39 is 0 Å². The van der Waals surface area contributed by atoms with Gasteiger partial charge in [-0.15, -0.1) is 6.58 Å². The molecule has 5 heteroatoms. The molecule has 0 aliphatic rings. The van der Waals surface area contributed by atoms with Gasteiger partial charge in [0.05, 0.1) is 0 Å². The third kappa shape index (κ3) is 5.28. The molecular weight excluding hydrogens is 302 g/mol. The highest BCUT2D eigenvalue weighted by atomic mass is 16.2. The van der Waals surface area contributed by atoms with Crippen LogP contribution in [0.15, 0.2) is 61.2 Å². The van der Waals surface area contributed by atoms with Crippen molar-refractivity contribution in [2.45, 2.75) is 13.5 Å². The van der Waals surface area contributed by atoms with Crippen molar-refractivity contribution in [3.8, 4) is 0 Å². The molecule has 0 bridgehead atoms. The average molecular weight is 323 g/mol. The molecule has 0 spiro atoms. The van der Waals surface area contributed by atoms with Crippen molar-refractivity contribution in [3.63, 3.8) is 0 Å². The van der Waals surface area contributed by atoms with Crippen LogP contribution in [0.25, 0.3) is 0 Å². The molecule has 0 saturated carbocycles. The fourth-order valence-corrected chi connectivity index (χ4v) is 2.04. The summed E-state index contributed by atoms with van der Waals surface area (Å²) in [6, 6.07) is 14.4. The molecule has 0 atom stereocenters. The van der Waals surface area contributed by atoms with Gasteiger partial charge in [-0.2, -0.15) is 0 Å². The van der Waals surface area contributed by atoms with Gasteiger partial charge in [-0.25, -0.2) is 4.79 Å². The van der Waals surface area contributed by atoms with E-state index in [2.05, 4.69) is 22.5 Å². The number of rotatable bonds is 6. The zero-order valence-electron chi connectivity index (χ0n) is 13.6. The summed E-state index contributed by atoms with van der Waals surface area (Å²) >= 11 is 0. The van der Waals surface area contributed by atoms with Crippen molar-refractivity contribution in [3.05, 3.63) is 77.9 Å². The zero-order chi connectivity index (χ0) is 17.4. The van der Waals surface area contributed by atoms with E-state index in [1.54, 1.807) is 30.3 Å². The van der Waals surface area contributed by atoms with Crippen molar-refractivity contribution in [2.24, 2.45) is 0 Å². The van der Waals surface area contributed by atoms with Gasteiger partial charge in [-0.05, 0) is 36.8 Å². The van der Waals surface area contributed by atoms with Crippen LogP contribution in [-0.4, -0.2) is 18.5 Å². The minimum absolute atomic E-state index is 0.176. The molecule has 2 aromatic carbocycles. The third-order valence-corrected chi connectivity index (χ3v) is 3.39. The lowest BCUT2D eigenvalue weighted by molar-refractivity contribution is 0.0958. The zero-order valence-corrected chi connectivity index (χ0v) is 13.6. The number of carbonyl (C=O) groups is 2. The predicted octanol–water partition coefficient (Wildman–Crippen LogP) is 3.23. The number of urea groups is 1. The topological polar surface area (TPSA) is 70.2 Å². The SMILES string of the molecule is C=CCNC(=O)c1ccc(NC(=O)NCc2ccc(C)cc2)cc1. The maximum atomic E-state index is 11.9.